The van der Waals surface area contributed by atoms with Gasteiger partial charge in [-0.15, -0.1) is 0 Å². The Hall–Kier alpha value is -3.02. The monoisotopic (exact) mass is 486 g/mol. The summed E-state index contributed by atoms with van der Waals surface area (Å²) < 4.78 is 37.8. The summed E-state index contributed by atoms with van der Waals surface area (Å²) in [5.41, 5.74) is 6.30. The van der Waals surface area contributed by atoms with Crippen molar-refractivity contribution in [2.24, 2.45) is 5.73 Å². The third-order valence-corrected chi connectivity index (χ3v) is 6.96. The molecular weight excluding hydrogens is 452 g/mol. The number of benzene rings is 1. The van der Waals surface area contributed by atoms with Crippen molar-refractivity contribution in [2.45, 2.75) is 70.9 Å². The van der Waals surface area contributed by atoms with Crippen LogP contribution >= 0.6 is 0 Å². The Morgan fingerprint density at radius 2 is 1.82 bits per heavy atom. The topological polar surface area (TPSA) is 172 Å². The Bertz CT molecular complexity index is 1020. The second kappa shape index (κ2) is 10.7. The molecule has 0 aromatic heterocycles. The maximum absolute atomic E-state index is 13.4. The van der Waals surface area contributed by atoms with Crippen LogP contribution < -0.4 is 15.8 Å². The van der Waals surface area contributed by atoms with Crippen LogP contribution in [-0.4, -0.2) is 61.1 Å². The van der Waals surface area contributed by atoms with E-state index < -0.39 is 39.7 Å². The number of alkyl carbamates (subject to hydrolysis) is 1. The number of nitrogens with zero attached hydrogens (tertiary/aromatic N) is 1. The lowest BCUT2D eigenvalue weighted by Gasteiger charge is -2.26. The highest BCUT2D eigenvalue weighted by molar-refractivity contribution is 7.89. The standard InChI is InChI=1S/C21H34N4O7S/c1-12-11-16(31-7)13(2)14(3)17(12)33(29,30)25(19(22)23)10-8-9-15(18(26)27)24-20(28)32-21(4,5)6/h11,15H,8-10H2,1-7H3,(H3,22,23)(H,24,28)(H,26,27)/t15-/m0/s1. The highest BCUT2D eigenvalue weighted by atomic mass is 32.2. The van der Waals surface area contributed by atoms with Crippen molar-refractivity contribution in [2.75, 3.05) is 13.7 Å². The van der Waals surface area contributed by atoms with E-state index in [1.54, 1.807) is 47.6 Å². The van der Waals surface area contributed by atoms with Crippen molar-refractivity contribution in [3.8, 4) is 5.75 Å². The Kier molecular flexibility index (Phi) is 9.11. The minimum absolute atomic E-state index is 0.0117. The van der Waals surface area contributed by atoms with Crippen LogP contribution in [0.3, 0.4) is 0 Å². The summed E-state index contributed by atoms with van der Waals surface area (Å²) in [4.78, 5) is 23.5. The van der Waals surface area contributed by atoms with E-state index in [-0.39, 0.29) is 24.3 Å². The molecule has 12 heteroatoms. The number of guanidine groups is 1. The second-order valence-electron chi connectivity index (χ2n) is 8.62. The zero-order chi connectivity index (χ0) is 25.7. The normalized spacial score (nSPS) is 12.6. The molecule has 1 aromatic rings. The van der Waals surface area contributed by atoms with Crippen LogP contribution in [0, 0.1) is 26.2 Å². The van der Waals surface area contributed by atoms with Gasteiger partial charge in [-0.3, -0.25) is 5.41 Å². The predicted molar refractivity (Wildman–Crippen MR) is 123 cm³/mol. The number of hydrogen-bond acceptors (Lipinski definition) is 7. The average Bonchev–Trinajstić information content (AvgIpc) is 2.64. The number of aliphatic carboxylic acids is 1. The van der Waals surface area contributed by atoms with E-state index >= 15 is 0 Å². The number of ether oxygens (including phenoxy) is 2. The van der Waals surface area contributed by atoms with Gasteiger partial charge in [0, 0.05) is 6.54 Å². The first-order valence-corrected chi connectivity index (χ1v) is 11.7. The number of amides is 1. The summed E-state index contributed by atoms with van der Waals surface area (Å²) in [7, 11) is -2.72. The van der Waals surface area contributed by atoms with Crippen LogP contribution in [0.25, 0.3) is 0 Å². The predicted octanol–water partition coefficient (Wildman–Crippen LogP) is 2.26. The Balaban J connectivity index is 3.09. The largest absolute Gasteiger partial charge is 0.496 e. The first-order chi connectivity index (χ1) is 15.0. The quantitative estimate of drug-likeness (QED) is 0.304. The van der Waals surface area contributed by atoms with Crippen LogP contribution in [-0.2, 0) is 19.6 Å². The van der Waals surface area contributed by atoms with Crippen LogP contribution in [0.1, 0.15) is 50.3 Å². The minimum Gasteiger partial charge on any atom is -0.496 e. The number of nitrogens with one attached hydrogen (secondary N) is 2. The SMILES string of the molecule is COc1cc(C)c(S(=O)(=O)N(CCC[C@H](NC(=O)OC(C)(C)C)C(=O)O)C(=N)N)c(C)c1C. The molecular formula is C21H34N4O7S. The summed E-state index contributed by atoms with van der Waals surface area (Å²) in [5.74, 6) is -1.46. The average molecular weight is 487 g/mol. The lowest BCUT2D eigenvalue weighted by molar-refractivity contribution is -0.139. The fourth-order valence-electron chi connectivity index (χ4n) is 3.26. The molecule has 1 amide bonds. The maximum Gasteiger partial charge on any atom is 0.408 e. The van der Waals surface area contributed by atoms with Gasteiger partial charge < -0.3 is 25.6 Å². The number of aryl methyl sites for hydroxylation is 1. The molecule has 0 heterocycles. The van der Waals surface area contributed by atoms with Crippen molar-refractivity contribution in [1.29, 1.82) is 5.41 Å². The summed E-state index contributed by atoms with van der Waals surface area (Å²) in [5, 5.41) is 19.5. The highest BCUT2D eigenvalue weighted by Crippen LogP contribution is 2.32. The molecule has 0 unspecified atom stereocenters. The molecule has 0 bridgehead atoms. The second-order valence-corrected chi connectivity index (χ2v) is 10.4. The van der Waals surface area contributed by atoms with Crippen molar-refractivity contribution in [3.05, 3.63) is 22.8 Å². The first kappa shape index (κ1) is 28.0. The Morgan fingerprint density at radius 1 is 1.24 bits per heavy atom. The summed E-state index contributed by atoms with van der Waals surface area (Å²) in [6.07, 6.45) is -0.988. The molecule has 0 fully saturated rings. The lowest BCUT2D eigenvalue weighted by Crippen LogP contribution is -2.45. The number of carbonyl (C=O) groups excluding carboxylic acids is 1. The zero-order valence-electron chi connectivity index (χ0n) is 20.1. The van der Waals surface area contributed by atoms with Gasteiger partial charge >= 0.3 is 12.1 Å². The van der Waals surface area contributed by atoms with E-state index in [1.807, 2.05) is 0 Å². The molecule has 33 heavy (non-hydrogen) atoms. The molecule has 0 aliphatic rings. The molecule has 1 aromatic carbocycles. The molecule has 0 spiro atoms. The van der Waals surface area contributed by atoms with Gasteiger partial charge in [-0.2, -0.15) is 0 Å². The molecule has 0 aliphatic carbocycles. The zero-order valence-corrected chi connectivity index (χ0v) is 20.9. The molecule has 186 valence electrons. The van der Waals surface area contributed by atoms with Crippen molar-refractivity contribution >= 4 is 28.0 Å². The van der Waals surface area contributed by atoms with Gasteiger partial charge in [0.25, 0.3) is 10.0 Å². The number of sulfonamides is 1. The fourth-order valence-corrected chi connectivity index (χ4v) is 5.11. The van der Waals surface area contributed by atoms with Gasteiger partial charge in [0.05, 0.1) is 12.0 Å². The number of methoxy groups -OCH3 is 1. The fraction of sp³-hybridized carbons (Fsp3) is 0.571. The smallest absolute Gasteiger partial charge is 0.408 e. The molecule has 0 saturated heterocycles. The minimum atomic E-state index is -4.21. The summed E-state index contributed by atoms with van der Waals surface area (Å²) in [6.45, 7) is 9.66. The summed E-state index contributed by atoms with van der Waals surface area (Å²) >= 11 is 0. The number of carboxylic acid groups (broad SMARTS) is 1. The first-order valence-electron chi connectivity index (χ1n) is 10.3. The lowest BCUT2D eigenvalue weighted by atomic mass is 10.1. The number of nitrogens with two attached hydrogens (primary N) is 1. The van der Waals surface area contributed by atoms with Gasteiger partial charge in [0.15, 0.2) is 0 Å². The van der Waals surface area contributed by atoms with Crippen LogP contribution in [0.15, 0.2) is 11.0 Å². The van der Waals surface area contributed by atoms with Crippen molar-refractivity contribution in [1.82, 2.24) is 9.62 Å². The van der Waals surface area contributed by atoms with Crippen molar-refractivity contribution < 1.29 is 32.6 Å². The summed E-state index contributed by atoms with van der Waals surface area (Å²) in [6, 6.07) is 0.293. The van der Waals surface area contributed by atoms with Gasteiger partial charge in [-0.05, 0) is 77.1 Å². The van der Waals surface area contributed by atoms with Gasteiger partial charge in [0.2, 0.25) is 5.96 Å². The molecule has 0 saturated carbocycles. The Labute approximate surface area is 194 Å². The third-order valence-electron chi connectivity index (χ3n) is 4.86. The number of carbonyl (C=O) groups is 2. The van der Waals surface area contributed by atoms with E-state index in [1.165, 1.54) is 7.11 Å². The molecule has 0 aliphatic heterocycles. The highest BCUT2D eigenvalue weighted by Gasteiger charge is 2.31. The van der Waals surface area contributed by atoms with E-state index in [9.17, 15) is 23.1 Å². The third kappa shape index (κ3) is 7.24. The molecule has 1 atom stereocenters. The van der Waals surface area contributed by atoms with Gasteiger partial charge in [0.1, 0.15) is 17.4 Å². The maximum atomic E-state index is 13.4. The molecule has 11 nitrogen and oxygen atoms in total. The Morgan fingerprint density at radius 3 is 2.27 bits per heavy atom. The van der Waals surface area contributed by atoms with Gasteiger partial charge in [-0.1, -0.05) is 0 Å². The van der Waals surface area contributed by atoms with Crippen LogP contribution in [0.4, 0.5) is 4.79 Å². The van der Waals surface area contributed by atoms with Crippen molar-refractivity contribution in [3.63, 3.8) is 0 Å². The molecule has 0 radical (unpaired) electrons. The van der Waals surface area contributed by atoms with E-state index in [4.69, 9.17) is 20.6 Å². The van der Waals surface area contributed by atoms with E-state index in [0.717, 1.165) is 4.31 Å². The number of carboxylic acids is 1. The number of hydrogen-bond donors (Lipinski definition) is 4. The molecule has 1 rings (SSSR count). The van der Waals surface area contributed by atoms with Gasteiger partial charge in [-0.25, -0.2) is 22.3 Å². The van der Waals surface area contributed by atoms with Crippen LogP contribution in [0.2, 0.25) is 0 Å². The van der Waals surface area contributed by atoms with E-state index in [2.05, 4.69) is 5.32 Å². The van der Waals surface area contributed by atoms with E-state index in [0.29, 0.717) is 22.4 Å². The van der Waals surface area contributed by atoms with Crippen LogP contribution in [0.5, 0.6) is 5.75 Å². The molecule has 5 N–H and O–H groups in total. The number of rotatable bonds is 9.